The van der Waals surface area contributed by atoms with Gasteiger partial charge in [-0.1, -0.05) is 6.92 Å². The zero-order valence-corrected chi connectivity index (χ0v) is 11.0. The summed E-state index contributed by atoms with van der Waals surface area (Å²) in [6.07, 6.45) is 5.61. The van der Waals surface area contributed by atoms with E-state index in [2.05, 4.69) is 20.4 Å². The van der Waals surface area contributed by atoms with E-state index in [1.807, 2.05) is 19.1 Å². The van der Waals surface area contributed by atoms with Crippen LogP contribution in [0.3, 0.4) is 0 Å². The molecule has 0 aliphatic rings. The lowest BCUT2D eigenvalue weighted by Crippen LogP contribution is -2.34. The molecule has 2 aromatic heterocycles. The summed E-state index contributed by atoms with van der Waals surface area (Å²) in [6.45, 7) is 2.14. The highest BCUT2D eigenvalue weighted by Crippen LogP contribution is 2.22. The van der Waals surface area contributed by atoms with Crippen LogP contribution in [0.25, 0.3) is 0 Å². The SMILES string of the molecule is CCC(c1ccncc1)N(C)C(=O)Cn1ncnn1. The third kappa shape index (κ3) is 3.12. The quantitative estimate of drug-likeness (QED) is 0.790. The lowest BCUT2D eigenvalue weighted by atomic mass is 10.0. The molecule has 100 valence electrons. The number of hydrogen-bond acceptors (Lipinski definition) is 5. The van der Waals surface area contributed by atoms with E-state index < -0.39 is 0 Å². The summed E-state index contributed by atoms with van der Waals surface area (Å²) < 4.78 is 0. The van der Waals surface area contributed by atoms with Crippen molar-refractivity contribution in [3.63, 3.8) is 0 Å². The Hall–Kier alpha value is -2.31. The van der Waals surface area contributed by atoms with Gasteiger partial charge in [-0.3, -0.25) is 9.78 Å². The van der Waals surface area contributed by atoms with Gasteiger partial charge in [0.2, 0.25) is 5.91 Å². The minimum Gasteiger partial charge on any atom is -0.337 e. The van der Waals surface area contributed by atoms with Gasteiger partial charge in [0.25, 0.3) is 0 Å². The van der Waals surface area contributed by atoms with Crippen molar-refractivity contribution in [3.8, 4) is 0 Å². The average Bonchev–Trinajstić information content (AvgIpc) is 2.93. The Morgan fingerprint density at radius 1 is 1.42 bits per heavy atom. The number of likely N-dealkylation sites (N-methyl/N-ethyl adjacent to an activating group) is 1. The first-order valence-corrected chi connectivity index (χ1v) is 6.08. The molecular formula is C12H16N6O. The lowest BCUT2D eigenvalue weighted by molar-refractivity contribution is -0.133. The summed E-state index contributed by atoms with van der Waals surface area (Å²) in [5.74, 6) is -0.0540. The van der Waals surface area contributed by atoms with E-state index in [0.717, 1.165) is 12.0 Å². The molecule has 0 fully saturated rings. The number of aromatic nitrogens is 5. The molecule has 19 heavy (non-hydrogen) atoms. The molecular weight excluding hydrogens is 244 g/mol. The third-order valence-electron chi connectivity index (χ3n) is 3.01. The summed E-state index contributed by atoms with van der Waals surface area (Å²) in [4.78, 5) is 19.1. The van der Waals surface area contributed by atoms with Gasteiger partial charge < -0.3 is 4.90 Å². The summed E-state index contributed by atoms with van der Waals surface area (Å²) in [5, 5.41) is 11.1. The van der Waals surface area contributed by atoms with Crippen molar-refractivity contribution >= 4 is 5.91 Å². The molecule has 7 nitrogen and oxygen atoms in total. The van der Waals surface area contributed by atoms with Crippen LogP contribution in [0.4, 0.5) is 0 Å². The topological polar surface area (TPSA) is 76.8 Å². The number of pyridine rings is 1. The summed E-state index contributed by atoms with van der Waals surface area (Å²) >= 11 is 0. The van der Waals surface area contributed by atoms with Crippen molar-refractivity contribution in [2.45, 2.75) is 25.9 Å². The highest BCUT2D eigenvalue weighted by atomic mass is 16.2. The molecule has 0 aliphatic carbocycles. The first kappa shape index (κ1) is 13.1. The van der Waals surface area contributed by atoms with Crippen LogP contribution in [0.1, 0.15) is 24.9 Å². The second-order valence-corrected chi connectivity index (χ2v) is 4.18. The fourth-order valence-corrected chi connectivity index (χ4v) is 1.99. The van der Waals surface area contributed by atoms with Gasteiger partial charge in [0.15, 0.2) is 6.33 Å². The first-order chi connectivity index (χ1) is 9.22. The van der Waals surface area contributed by atoms with Gasteiger partial charge in [-0.15, -0.1) is 10.2 Å². The zero-order chi connectivity index (χ0) is 13.7. The van der Waals surface area contributed by atoms with Crippen LogP contribution in [-0.4, -0.2) is 43.0 Å². The number of carbonyl (C=O) groups is 1. The number of nitrogens with zero attached hydrogens (tertiary/aromatic N) is 6. The Bertz CT molecular complexity index is 512. The van der Waals surface area contributed by atoms with Crippen LogP contribution in [0.2, 0.25) is 0 Å². The highest BCUT2D eigenvalue weighted by Gasteiger charge is 2.20. The van der Waals surface area contributed by atoms with Gasteiger partial charge >= 0.3 is 0 Å². The van der Waals surface area contributed by atoms with Crippen LogP contribution in [0.5, 0.6) is 0 Å². The predicted octanol–water partition coefficient (Wildman–Crippen LogP) is 0.678. The van der Waals surface area contributed by atoms with Crippen LogP contribution in [0.15, 0.2) is 30.9 Å². The van der Waals surface area contributed by atoms with Crippen LogP contribution in [0, 0.1) is 0 Å². The fraction of sp³-hybridized carbons (Fsp3) is 0.417. The van der Waals surface area contributed by atoms with Crippen molar-refractivity contribution in [2.75, 3.05) is 7.05 Å². The second-order valence-electron chi connectivity index (χ2n) is 4.18. The Kier molecular flexibility index (Phi) is 4.17. The maximum absolute atomic E-state index is 12.2. The Morgan fingerprint density at radius 2 is 2.16 bits per heavy atom. The maximum Gasteiger partial charge on any atom is 0.246 e. The molecule has 0 N–H and O–H groups in total. The molecule has 7 heteroatoms. The number of tetrazole rings is 1. The molecule has 1 unspecified atom stereocenters. The average molecular weight is 260 g/mol. The molecule has 0 radical (unpaired) electrons. The summed E-state index contributed by atoms with van der Waals surface area (Å²) in [6, 6.07) is 3.87. The van der Waals surface area contributed by atoms with E-state index in [1.165, 1.54) is 11.1 Å². The number of amides is 1. The van der Waals surface area contributed by atoms with Gasteiger partial charge in [0.05, 0.1) is 6.04 Å². The molecule has 0 saturated carbocycles. The van der Waals surface area contributed by atoms with Gasteiger partial charge in [-0.2, -0.15) is 4.80 Å². The minimum atomic E-state index is -0.0540. The van der Waals surface area contributed by atoms with E-state index >= 15 is 0 Å². The van der Waals surface area contributed by atoms with Crippen molar-refractivity contribution in [1.82, 2.24) is 30.1 Å². The lowest BCUT2D eigenvalue weighted by Gasteiger charge is -2.27. The van der Waals surface area contributed by atoms with Crippen LogP contribution in [-0.2, 0) is 11.3 Å². The maximum atomic E-state index is 12.2. The zero-order valence-electron chi connectivity index (χ0n) is 11.0. The van der Waals surface area contributed by atoms with Crippen LogP contribution >= 0.6 is 0 Å². The van der Waals surface area contributed by atoms with Gasteiger partial charge in [-0.05, 0) is 29.3 Å². The van der Waals surface area contributed by atoms with E-state index in [4.69, 9.17) is 0 Å². The Morgan fingerprint density at radius 3 is 2.74 bits per heavy atom. The number of rotatable bonds is 5. The second kappa shape index (κ2) is 6.03. The predicted molar refractivity (Wildman–Crippen MR) is 67.9 cm³/mol. The molecule has 0 spiro atoms. The normalized spacial score (nSPS) is 12.1. The largest absolute Gasteiger partial charge is 0.337 e. The van der Waals surface area contributed by atoms with Crippen molar-refractivity contribution < 1.29 is 4.79 Å². The van der Waals surface area contributed by atoms with E-state index in [0.29, 0.717) is 0 Å². The van der Waals surface area contributed by atoms with E-state index in [9.17, 15) is 4.79 Å². The van der Waals surface area contributed by atoms with Gasteiger partial charge in [-0.25, -0.2) is 0 Å². The fourth-order valence-electron chi connectivity index (χ4n) is 1.99. The summed E-state index contributed by atoms with van der Waals surface area (Å²) in [7, 11) is 1.79. The smallest absolute Gasteiger partial charge is 0.246 e. The number of carbonyl (C=O) groups excluding carboxylic acids is 1. The summed E-state index contributed by atoms with van der Waals surface area (Å²) in [5.41, 5.74) is 1.07. The molecule has 1 amide bonds. The molecule has 0 bridgehead atoms. The number of hydrogen-bond donors (Lipinski definition) is 0. The molecule has 0 saturated heterocycles. The molecule has 1 atom stereocenters. The molecule has 0 aromatic carbocycles. The molecule has 2 rings (SSSR count). The Balaban J connectivity index is 2.08. The standard InChI is InChI=1S/C12H16N6O/c1-3-11(10-4-6-13-7-5-10)17(2)12(19)8-18-15-9-14-16-18/h4-7,9,11H,3,8H2,1-2H3. The van der Waals surface area contributed by atoms with E-state index in [-0.39, 0.29) is 18.5 Å². The van der Waals surface area contributed by atoms with Crippen molar-refractivity contribution in [2.24, 2.45) is 0 Å². The third-order valence-corrected chi connectivity index (χ3v) is 3.01. The highest BCUT2D eigenvalue weighted by molar-refractivity contribution is 5.76. The van der Waals surface area contributed by atoms with Crippen LogP contribution < -0.4 is 0 Å². The first-order valence-electron chi connectivity index (χ1n) is 6.08. The monoisotopic (exact) mass is 260 g/mol. The van der Waals surface area contributed by atoms with Gasteiger partial charge in [0.1, 0.15) is 6.54 Å². The van der Waals surface area contributed by atoms with Crippen molar-refractivity contribution in [3.05, 3.63) is 36.4 Å². The molecule has 2 aromatic rings. The van der Waals surface area contributed by atoms with E-state index in [1.54, 1.807) is 24.3 Å². The minimum absolute atomic E-state index is 0.0269. The van der Waals surface area contributed by atoms with Gasteiger partial charge in [0, 0.05) is 19.4 Å². The molecule has 0 aliphatic heterocycles. The van der Waals surface area contributed by atoms with Crippen molar-refractivity contribution in [1.29, 1.82) is 0 Å². The Labute approximate surface area is 111 Å². The molecule has 2 heterocycles.